The molecule has 2 N–H and O–H groups in total. The zero-order valence-electron chi connectivity index (χ0n) is 15.1. The molecule has 1 atom stereocenters. The van der Waals surface area contributed by atoms with Gasteiger partial charge in [0.15, 0.2) is 0 Å². The van der Waals surface area contributed by atoms with Gasteiger partial charge in [0.05, 0.1) is 11.4 Å². The number of aromatic amines is 1. The topological polar surface area (TPSA) is 95.2 Å². The van der Waals surface area contributed by atoms with Gasteiger partial charge in [-0.1, -0.05) is 6.42 Å². The Kier molecular flexibility index (Phi) is 5.91. The molecule has 1 saturated heterocycles. The van der Waals surface area contributed by atoms with Crippen molar-refractivity contribution in [1.82, 2.24) is 19.8 Å². The molecule has 0 spiro atoms. The molecule has 0 unspecified atom stereocenters. The van der Waals surface area contributed by atoms with E-state index >= 15 is 0 Å². The average Bonchev–Trinajstić information content (AvgIpc) is 3.12. The van der Waals surface area contributed by atoms with Gasteiger partial charge in [0.25, 0.3) is 5.91 Å². The van der Waals surface area contributed by atoms with Crippen LogP contribution in [-0.4, -0.2) is 53.7 Å². The van der Waals surface area contributed by atoms with Crippen LogP contribution in [0.25, 0.3) is 11.3 Å². The van der Waals surface area contributed by atoms with Crippen molar-refractivity contribution in [2.45, 2.75) is 32.2 Å². The number of rotatable bonds is 6. The molecule has 0 radical (unpaired) electrons. The van der Waals surface area contributed by atoms with Crippen LogP contribution in [0.5, 0.6) is 0 Å². The number of sulfonamides is 1. The lowest BCUT2D eigenvalue weighted by Crippen LogP contribution is -2.45. The fraction of sp³-hybridized carbons (Fsp3) is 0.444. The van der Waals surface area contributed by atoms with Gasteiger partial charge in [-0.05, 0) is 50.1 Å². The second-order valence-electron chi connectivity index (χ2n) is 6.70. The molecule has 2 aromatic rings. The molecule has 1 aliphatic rings. The van der Waals surface area contributed by atoms with Crippen LogP contribution in [0.1, 0.15) is 36.7 Å². The average molecular weight is 394 g/mol. The van der Waals surface area contributed by atoms with Gasteiger partial charge < -0.3 is 5.32 Å². The van der Waals surface area contributed by atoms with Crippen molar-refractivity contribution >= 4 is 15.9 Å². The minimum Gasteiger partial charge on any atom is -0.350 e. The number of amides is 1. The normalized spacial score (nSPS) is 18.4. The molecule has 0 bridgehead atoms. The fourth-order valence-electron chi connectivity index (χ4n) is 3.20. The van der Waals surface area contributed by atoms with Crippen LogP contribution >= 0.6 is 0 Å². The molecule has 1 aliphatic heterocycles. The summed E-state index contributed by atoms with van der Waals surface area (Å²) in [6.07, 6.45) is 2.78. The van der Waals surface area contributed by atoms with E-state index in [1.807, 2.05) is 6.92 Å². The van der Waals surface area contributed by atoms with Gasteiger partial charge >= 0.3 is 0 Å². The van der Waals surface area contributed by atoms with Crippen molar-refractivity contribution in [2.24, 2.45) is 0 Å². The molecule has 0 aliphatic carbocycles. The molecule has 1 fully saturated rings. The highest BCUT2D eigenvalue weighted by atomic mass is 32.2. The first kappa shape index (κ1) is 19.5. The zero-order valence-corrected chi connectivity index (χ0v) is 15.9. The predicted octanol–water partition coefficient (Wildman–Crippen LogP) is 2.15. The Morgan fingerprint density at radius 1 is 1.33 bits per heavy atom. The maximum atomic E-state index is 13.0. The minimum atomic E-state index is -3.39. The SMILES string of the molecule is C[C@@H]1CCCCN1S(=O)(=O)CCNC(=O)c1cc(-c2ccc(F)cc2)n[nH]1. The number of halogens is 1. The molecular weight excluding hydrogens is 371 g/mol. The Balaban J connectivity index is 1.56. The lowest BCUT2D eigenvalue weighted by atomic mass is 10.1. The third-order valence-corrected chi connectivity index (χ3v) is 6.68. The van der Waals surface area contributed by atoms with Gasteiger partial charge in [-0.3, -0.25) is 9.89 Å². The largest absolute Gasteiger partial charge is 0.350 e. The molecule has 27 heavy (non-hydrogen) atoms. The number of nitrogens with one attached hydrogen (secondary N) is 2. The lowest BCUT2D eigenvalue weighted by Gasteiger charge is -2.32. The summed E-state index contributed by atoms with van der Waals surface area (Å²) in [6.45, 7) is 2.48. The fourth-order valence-corrected chi connectivity index (χ4v) is 4.85. The van der Waals surface area contributed by atoms with E-state index in [9.17, 15) is 17.6 Å². The lowest BCUT2D eigenvalue weighted by molar-refractivity contribution is 0.0951. The highest BCUT2D eigenvalue weighted by Crippen LogP contribution is 2.20. The Bertz CT molecular complexity index is 896. The highest BCUT2D eigenvalue weighted by molar-refractivity contribution is 7.89. The number of carbonyl (C=O) groups excluding carboxylic acids is 1. The van der Waals surface area contributed by atoms with E-state index in [1.54, 1.807) is 18.2 Å². The number of piperidine rings is 1. The Labute approximate surface area is 158 Å². The van der Waals surface area contributed by atoms with Crippen LogP contribution in [0, 0.1) is 5.82 Å². The van der Waals surface area contributed by atoms with Crippen molar-refractivity contribution in [2.75, 3.05) is 18.8 Å². The van der Waals surface area contributed by atoms with Gasteiger partial charge in [-0.15, -0.1) is 0 Å². The summed E-state index contributed by atoms with van der Waals surface area (Å²) in [6, 6.07) is 7.32. The number of hydrogen-bond acceptors (Lipinski definition) is 4. The number of aromatic nitrogens is 2. The van der Waals surface area contributed by atoms with Crippen LogP contribution in [-0.2, 0) is 10.0 Å². The van der Waals surface area contributed by atoms with Gasteiger partial charge in [-0.25, -0.2) is 12.8 Å². The van der Waals surface area contributed by atoms with Crippen molar-refractivity contribution < 1.29 is 17.6 Å². The first-order valence-electron chi connectivity index (χ1n) is 8.96. The standard InChI is InChI=1S/C18H23FN4O3S/c1-13-4-2-3-10-23(13)27(25,26)11-9-20-18(24)17-12-16(21-22-17)14-5-7-15(19)8-6-14/h5-8,12-13H,2-4,9-11H2,1H3,(H,20,24)(H,21,22)/t13-/m1/s1. The van der Waals surface area contributed by atoms with Gasteiger partial charge in [0.1, 0.15) is 11.5 Å². The van der Waals surface area contributed by atoms with E-state index < -0.39 is 15.9 Å². The summed E-state index contributed by atoms with van der Waals surface area (Å²) in [5, 5.41) is 9.27. The molecular formula is C18H23FN4O3S. The number of H-pyrrole nitrogens is 1. The Morgan fingerprint density at radius 2 is 2.07 bits per heavy atom. The minimum absolute atomic E-state index is 0.00493. The van der Waals surface area contributed by atoms with E-state index in [1.165, 1.54) is 16.4 Å². The van der Waals surface area contributed by atoms with Crippen molar-refractivity contribution in [3.63, 3.8) is 0 Å². The van der Waals surface area contributed by atoms with Gasteiger partial charge in [-0.2, -0.15) is 9.40 Å². The van der Waals surface area contributed by atoms with Crippen molar-refractivity contribution in [3.8, 4) is 11.3 Å². The summed E-state index contributed by atoms with van der Waals surface area (Å²) in [5.41, 5.74) is 1.40. The van der Waals surface area contributed by atoms with E-state index in [2.05, 4.69) is 15.5 Å². The molecule has 1 amide bonds. The summed E-state index contributed by atoms with van der Waals surface area (Å²) < 4.78 is 39.4. The number of benzene rings is 1. The van der Waals surface area contributed by atoms with Crippen LogP contribution in [0.3, 0.4) is 0 Å². The maximum absolute atomic E-state index is 13.0. The van der Waals surface area contributed by atoms with Gasteiger partial charge in [0, 0.05) is 24.7 Å². The Morgan fingerprint density at radius 3 is 2.78 bits per heavy atom. The summed E-state index contributed by atoms with van der Waals surface area (Å²) >= 11 is 0. The van der Waals surface area contributed by atoms with Crippen LogP contribution in [0.4, 0.5) is 4.39 Å². The maximum Gasteiger partial charge on any atom is 0.269 e. The molecule has 2 heterocycles. The quantitative estimate of drug-likeness (QED) is 0.785. The Hall–Kier alpha value is -2.26. The van der Waals surface area contributed by atoms with Gasteiger partial charge in [0.2, 0.25) is 10.0 Å². The predicted molar refractivity (Wildman–Crippen MR) is 100 cm³/mol. The van der Waals surface area contributed by atoms with Crippen LogP contribution in [0.15, 0.2) is 30.3 Å². The molecule has 1 aromatic carbocycles. The van der Waals surface area contributed by atoms with Crippen molar-refractivity contribution in [3.05, 3.63) is 41.8 Å². The molecule has 7 nitrogen and oxygen atoms in total. The summed E-state index contributed by atoms with van der Waals surface area (Å²) in [7, 11) is -3.39. The summed E-state index contributed by atoms with van der Waals surface area (Å²) in [4.78, 5) is 12.2. The van der Waals surface area contributed by atoms with Crippen LogP contribution < -0.4 is 5.32 Å². The van der Waals surface area contributed by atoms with E-state index in [4.69, 9.17) is 0 Å². The second-order valence-corrected chi connectivity index (χ2v) is 8.74. The first-order chi connectivity index (χ1) is 12.9. The van der Waals surface area contributed by atoms with E-state index in [-0.39, 0.29) is 29.9 Å². The number of nitrogens with zero attached hydrogens (tertiary/aromatic N) is 2. The van der Waals surface area contributed by atoms with E-state index in [0.29, 0.717) is 17.8 Å². The van der Waals surface area contributed by atoms with E-state index in [0.717, 1.165) is 19.3 Å². The van der Waals surface area contributed by atoms with Crippen molar-refractivity contribution in [1.29, 1.82) is 0 Å². The second kappa shape index (κ2) is 8.18. The molecule has 9 heteroatoms. The third kappa shape index (κ3) is 4.72. The molecule has 146 valence electrons. The summed E-state index contributed by atoms with van der Waals surface area (Å²) in [5.74, 6) is -0.920. The first-order valence-corrected chi connectivity index (χ1v) is 10.6. The molecule has 1 aromatic heterocycles. The molecule has 3 rings (SSSR count). The number of carbonyl (C=O) groups is 1. The molecule has 0 saturated carbocycles. The number of hydrogen-bond donors (Lipinski definition) is 2. The highest BCUT2D eigenvalue weighted by Gasteiger charge is 2.29. The zero-order chi connectivity index (χ0) is 19.4. The van der Waals surface area contributed by atoms with Crippen LogP contribution in [0.2, 0.25) is 0 Å². The third-order valence-electron chi connectivity index (χ3n) is 4.71. The smallest absolute Gasteiger partial charge is 0.269 e. The monoisotopic (exact) mass is 394 g/mol.